The van der Waals surface area contributed by atoms with Crippen LogP contribution in [0.2, 0.25) is 5.02 Å². The van der Waals surface area contributed by atoms with E-state index in [-0.39, 0.29) is 27.6 Å². The van der Waals surface area contributed by atoms with Crippen molar-refractivity contribution in [1.29, 1.82) is 5.26 Å². The molecule has 0 saturated carbocycles. The fourth-order valence-corrected chi connectivity index (χ4v) is 4.05. The van der Waals surface area contributed by atoms with E-state index < -0.39 is 27.1 Å². The van der Waals surface area contributed by atoms with E-state index in [1.165, 1.54) is 31.4 Å². The summed E-state index contributed by atoms with van der Waals surface area (Å²) in [6.07, 6.45) is 2.30. The zero-order valence-corrected chi connectivity index (χ0v) is 17.0. The summed E-state index contributed by atoms with van der Waals surface area (Å²) in [6.45, 7) is 3.17. The van der Waals surface area contributed by atoms with E-state index in [1.54, 1.807) is 13.8 Å². The summed E-state index contributed by atoms with van der Waals surface area (Å²) in [6, 6.07) is 6.95. The minimum atomic E-state index is -3.59. The summed E-state index contributed by atoms with van der Waals surface area (Å²) in [5.41, 5.74) is -0.621. The second-order valence-electron chi connectivity index (χ2n) is 6.74. The monoisotopic (exact) mass is 425 g/mol. The zero-order chi connectivity index (χ0) is 21.1. The lowest BCUT2D eigenvalue weighted by Crippen LogP contribution is -2.35. The van der Waals surface area contributed by atoms with Crippen LogP contribution in [0.4, 0.5) is 8.78 Å². The van der Waals surface area contributed by atoms with Gasteiger partial charge < -0.3 is 0 Å². The smallest absolute Gasteiger partial charge is 0.212 e. The number of aromatic nitrogens is 1. The van der Waals surface area contributed by atoms with Crippen LogP contribution in [0.15, 0.2) is 30.5 Å². The van der Waals surface area contributed by atoms with Crippen molar-refractivity contribution in [2.75, 3.05) is 12.8 Å². The first-order chi connectivity index (χ1) is 13.0. The maximum atomic E-state index is 14.6. The molecule has 2 rings (SSSR count). The van der Waals surface area contributed by atoms with Crippen LogP contribution in [0.25, 0.3) is 11.9 Å². The number of benzene rings is 1. The minimum absolute atomic E-state index is 0.0772. The molecule has 5 nitrogen and oxygen atoms in total. The molecule has 1 N–H and O–H groups in total. The summed E-state index contributed by atoms with van der Waals surface area (Å²) >= 11 is 5.79. The number of hydrogen-bond acceptors (Lipinski definition) is 4. The van der Waals surface area contributed by atoms with Gasteiger partial charge in [-0.25, -0.2) is 21.9 Å². The second kappa shape index (κ2) is 8.35. The Kier molecular flexibility index (Phi) is 6.55. The summed E-state index contributed by atoms with van der Waals surface area (Å²) in [7, 11) is -2.31. The average molecular weight is 426 g/mol. The van der Waals surface area contributed by atoms with Crippen molar-refractivity contribution in [1.82, 2.24) is 9.71 Å². The van der Waals surface area contributed by atoms with Crippen molar-refractivity contribution in [2.45, 2.75) is 19.3 Å². The number of nitrogens with zero attached hydrogens (tertiary/aromatic N) is 2. The van der Waals surface area contributed by atoms with Gasteiger partial charge >= 0.3 is 0 Å². The van der Waals surface area contributed by atoms with Gasteiger partial charge in [0.2, 0.25) is 10.0 Å². The number of nitrogens with one attached hydrogen (secondary N) is 1. The van der Waals surface area contributed by atoms with Gasteiger partial charge in [-0.2, -0.15) is 5.26 Å². The number of halogens is 3. The van der Waals surface area contributed by atoms with Crippen LogP contribution in [0, 0.1) is 17.1 Å². The highest BCUT2D eigenvalue weighted by Crippen LogP contribution is 2.30. The van der Waals surface area contributed by atoms with Crippen LogP contribution < -0.4 is 4.72 Å². The van der Waals surface area contributed by atoms with E-state index in [1.807, 2.05) is 6.07 Å². The lowest BCUT2D eigenvalue weighted by atomic mass is 9.85. The van der Waals surface area contributed by atoms with Crippen LogP contribution in [-0.4, -0.2) is 26.2 Å². The van der Waals surface area contributed by atoms with Crippen molar-refractivity contribution in [2.24, 2.45) is 0 Å². The van der Waals surface area contributed by atoms with Gasteiger partial charge in [-0.1, -0.05) is 31.5 Å². The molecule has 28 heavy (non-hydrogen) atoms. The van der Waals surface area contributed by atoms with Gasteiger partial charge in [0.25, 0.3) is 0 Å². The molecule has 0 saturated heterocycles. The van der Waals surface area contributed by atoms with Gasteiger partial charge in [0.15, 0.2) is 0 Å². The van der Waals surface area contributed by atoms with Crippen LogP contribution in [0.5, 0.6) is 0 Å². The first kappa shape index (κ1) is 22.0. The van der Waals surface area contributed by atoms with E-state index in [0.29, 0.717) is 5.56 Å². The minimum Gasteiger partial charge on any atom is -0.252 e. The number of sulfonamides is 1. The molecule has 0 fully saturated rings. The summed E-state index contributed by atoms with van der Waals surface area (Å²) in [4.78, 5) is 3.84. The molecule has 0 radical (unpaired) electrons. The van der Waals surface area contributed by atoms with E-state index in [2.05, 4.69) is 9.71 Å². The lowest BCUT2D eigenvalue weighted by Gasteiger charge is -2.25. The van der Waals surface area contributed by atoms with Crippen molar-refractivity contribution < 1.29 is 17.2 Å². The molecule has 1 aromatic heterocycles. The highest BCUT2D eigenvalue weighted by atomic mass is 35.5. The van der Waals surface area contributed by atoms with Gasteiger partial charge in [-0.3, -0.25) is 4.98 Å². The Bertz CT molecular complexity index is 1080. The molecule has 0 atom stereocenters. The zero-order valence-electron chi connectivity index (χ0n) is 15.4. The third-order valence-corrected chi connectivity index (χ3v) is 6.12. The van der Waals surface area contributed by atoms with Crippen LogP contribution in [0.3, 0.4) is 0 Å². The summed E-state index contributed by atoms with van der Waals surface area (Å²) in [5, 5.41) is 9.09. The van der Waals surface area contributed by atoms with Gasteiger partial charge in [0.1, 0.15) is 23.4 Å². The largest absolute Gasteiger partial charge is 0.252 e. The summed E-state index contributed by atoms with van der Waals surface area (Å²) in [5.74, 6) is -1.68. The van der Waals surface area contributed by atoms with Gasteiger partial charge in [-0.15, -0.1) is 0 Å². The first-order valence-corrected chi connectivity index (χ1v) is 10.2. The molecule has 1 aromatic carbocycles. The van der Waals surface area contributed by atoms with E-state index >= 15 is 0 Å². The van der Waals surface area contributed by atoms with Crippen molar-refractivity contribution >= 4 is 33.5 Å². The number of rotatable bonds is 6. The van der Waals surface area contributed by atoms with Crippen molar-refractivity contribution in [3.8, 4) is 6.07 Å². The fourth-order valence-electron chi connectivity index (χ4n) is 2.65. The predicted octanol–water partition coefficient (Wildman–Crippen LogP) is 4.04. The molecular weight excluding hydrogens is 408 g/mol. The number of hydrogen-bond donors (Lipinski definition) is 1. The molecule has 2 aromatic rings. The molecule has 0 aliphatic heterocycles. The standard InChI is InChI=1S/C19H18ClF2N3O2S/c1-19(2,11-28(26,27)24-3)14-6-12(4-5-16(14)21)7-17(22)18-8-13(9-23)15(20)10-25-18/h4-8,10,24H,11H2,1-3H3/b17-7-. The highest BCUT2D eigenvalue weighted by Gasteiger charge is 2.30. The lowest BCUT2D eigenvalue weighted by molar-refractivity contribution is 0.509. The maximum absolute atomic E-state index is 14.6. The first-order valence-electron chi connectivity index (χ1n) is 8.13. The normalized spacial score (nSPS) is 12.7. The Hall–Kier alpha value is -2.34. The highest BCUT2D eigenvalue weighted by molar-refractivity contribution is 7.89. The Morgan fingerprint density at radius 2 is 2.07 bits per heavy atom. The quantitative estimate of drug-likeness (QED) is 0.757. The SMILES string of the molecule is CNS(=O)(=O)CC(C)(C)c1cc(/C=C(\F)c2cc(C#N)c(Cl)cn2)ccc1F. The molecule has 0 aliphatic carbocycles. The molecule has 0 amide bonds. The Morgan fingerprint density at radius 3 is 2.68 bits per heavy atom. The van der Waals surface area contributed by atoms with Crippen LogP contribution >= 0.6 is 11.6 Å². The number of pyridine rings is 1. The van der Waals surface area contributed by atoms with E-state index in [9.17, 15) is 17.2 Å². The predicted molar refractivity (Wildman–Crippen MR) is 105 cm³/mol. The maximum Gasteiger partial charge on any atom is 0.212 e. The molecule has 0 unspecified atom stereocenters. The third kappa shape index (κ3) is 5.13. The molecule has 148 valence electrons. The van der Waals surface area contributed by atoms with Crippen LogP contribution in [0.1, 0.15) is 36.2 Å². The molecule has 9 heteroatoms. The topological polar surface area (TPSA) is 82.9 Å². The van der Waals surface area contributed by atoms with Crippen molar-refractivity contribution in [3.05, 3.63) is 63.7 Å². The summed E-state index contributed by atoms with van der Waals surface area (Å²) < 4.78 is 54.9. The Labute approximate surface area is 167 Å². The number of nitriles is 1. The average Bonchev–Trinajstić information content (AvgIpc) is 2.62. The second-order valence-corrected chi connectivity index (χ2v) is 9.07. The third-order valence-electron chi connectivity index (χ3n) is 4.10. The molecule has 0 spiro atoms. The van der Waals surface area contributed by atoms with Gasteiger partial charge in [0, 0.05) is 11.6 Å². The molecule has 0 aliphatic rings. The fraction of sp³-hybridized carbons (Fsp3) is 0.263. The van der Waals surface area contributed by atoms with Gasteiger partial charge in [-0.05, 0) is 42.4 Å². The molecule has 1 heterocycles. The Balaban J connectivity index is 2.45. The van der Waals surface area contributed by atoms with E-state index in [4.69, 9.17) is 16.9 Å². The van der Waals surface area contributed by atoms with Crippen molar-refractivity contribution in [3.63, 3.8) is 0 Å². The van der Waals surface area contributed by atoms with Crippen LogP contribution in [-0.2, 0) is 15.4 Å². The Morgan fingerprint density at radius 1 is 1.39 bits per heavy atom. The molecular formula is C19H18ClF2N3O2S. The van der Waals surface area contributed by atoms with E-state index in [0.717, 1.165) is 12.1 Å². The molecule has 0 bridgehead atoms. The van der Waals surface area contributed by atoms with Gasteiger partial charge in [0.05, 0.1) is 16.3 Å².